The second-order valence-corrected chi connectivity index (χ2v) is 6.13. The molecule has 0 radical (unpaired) electrons. The van der Waals surface area contributed by atoms with Crippen molar-refractivity contribution in [2.45, 2.75) is 45.1 Å². The van der Waals surface area contributed by atoms with Crippen molar-refractivity contribution in [1.82, 2.24) is 5.32 Å². The van der Waals surface area contributed by atoms with E-state index in [-0.39, 0.29) is 0 Å². The molecule has 0 spiro atoms. The monoisotopic (exact) mass is 361 g/mol. The third-order valence-electron chi connectivity index (χ3n) is 3.03. The number of hydrogen-bond donors (Lipinski definition) is 1. The minimum absolute atomic E-state index is 0.443. The molecule has 0 aliphatic rings. The first-order chi connectivity index (χ1) is 8.19. The molecule has 1 nitrogen and oxygen atoms in total. The highest BCUT2D eigenvalue weighted by atomic mass is 79.9. The lowest BCUT2D eigenvalue weighted by Crippen LogP contribution is -2.16. The standard InChI is InChI=1S/C14H21Br2N/c1-3-4-5-6-7-14(17-2)12-10-11(15)8-9-13(12)16/h8-10,14,17H,3-7H2,1-2H3. The van der Waals surface area contributed by atoms with Crippen LogP contribution in [0.15, 0.2) is 27.1 Å². The van der Waals surface area contributed by atoms with Gasteiger partial charge in [-0.15, -0.1) is 0 Å². The van der Waals surface area contributed by atoms with Gasteiger partial charge in [0.25, 0.3) is 0 Å². The van der Waals surface area contributed by atoms with Gasteiger partial charge in [-0.3, -0.25) is 0 Å². The fraction of sp³-hybridized carbons (Fsp3) is 0.571. The SMILES string of the molecule is CCCCCCC(NC)c1cc(Br)ccc1Br. The molecule has 1 unspecified atom stereocenters. The maximum Gasteiger partial charge on any atom is 0.0329 e. The zero-order valence-corrected chi connectivity index (χ0v) is 13.8. The van der Waals surface area contributed by atoms with Gasteiger partial charge in [0, 0.05) is 15.0 Å². The van der Waals surface area contributed by atoms with Crippen molar-refractivity contribution in [3.63, 3.8) is 0 Å². The molecule has 1 aromatic rings. The van der Waals surface area contributed by atoms with Crippen LogP contribution in [0.4, 0.5) is 0 Å². The Morgan fingerprint density at radius 3 is 2.59 bits per heavy atom. The van der Waals surface area contributed by atoms with E-state index in [9.17, 15) is 0 Å². The second-order valence-electron chi connectivity index (χ2n) is 4.36. The number of unbranched alkanes of at least 4 members (excludes halogenated alkanes) is 3. The normalized spacial score (nSPS) is 12.7. The van der Waals surface area contributed by atoms with Gasteiger partial charge < -0.3 is 5.32 Å². The quantitative estimate of drug-likeness (QED) is 0.636. The van der Waals surface area contributed by atoms with Crippen LogP contribution in [0.3, 0.4) is 0 Å². The molecule has 0 aliphatic carbocycles. The fourth-order valence-corrected chi connectivity index (χ4v) is 2.91. The molecule has 0 fully saturated rings. The van der Waals surface area contributed by atoms with Crippen molar-refractivity contribution in [1.29, 1.82) is 0 Å². The molecule has 1 rings (SSSR count). The van der Waals surface area contributed by atoms with E-state index in [4.69, 9.17) is 0 Å². The Bertz CT molecular complexity index is 339. The maximum absolute atomic E-state index is 3.63. The van der Waals surface area contributed by atoms with Crippen molar-refractivity contribution in [3.05, 3.63) is 32.7 Å². The first-order valence-corrected chi connectivity index (χ1v) is 7.89. The van der Waals surface area contributed by atoms with E-state index < -0.39 is 0 Å². The number of halogens is 2. The number of rotatable bonds is 7. The van der Waals surface area contributed by atoms with Crippen LogP contribution < -0.4 is 5.32 Å². The van der Waals surface area contributed by atoms with E-state index in [0.29, 0.717) is 6.04 Å². The van der Waals surface area contributed by atoms with Gasteiger partial charge in [0.05, 0.1) is 0 Å². The lowest BCUT2D eigenvalue weighted by atomic mass is 10.0. The van der Waals surface area contributed by atoms with Gasteiger partial charge >= 0.3 is 0 Å². The molecule has 0 bridgehead atoms. The van der Waals surface area contributed by atoms with Gasteiger partial charge in [0.15, 0.2) is 0 Å². The van der Waals surface area contributed by atoms with Gasteiger partial charge in [-0.2, -0.15) is 0 Å². The van der Waals surface area contributed by atoms with Crippen molar-refractivity contribution in [2.24, 2.45) is 0 Å². The van der Waals surface area contributed by atoms with E-state index in [2.05, 4.69) is 62.3 Å². The first-order valence-electron chi connectivity index (χ1n) is 6.31. The lowest BCUT2D eigenvalue weighted by molar-refractivity contribution is 0.503. The van der Waals surface area contributed by atoms with E-state index in [1.807, 2.05) is 7.05 Å². The summed E-state index contributed by atoms with van der Waals surface area (Å²) in [6, 6.07) is 6.82. The Morgan fingerprint density at radius 1 is 1.18 bits per heavy atom. The van der Waals surface area contributed by atoms with Crippen LogP contribution in [0.25, 0.3) is 0 Å². The van der Waals surface area contributed by atoms with E-state index in [1.54, 1.807) is 0 Å². The summed E-state index contributed by atoms with van der Waals surface area (Å²) in [7, 11) is 2.04. The molecule has 0 heterocycles. The summed E-state index contributed by atoms with van der Waals surface area (Å²) in [5, 5.41) is 3.41. The maximum atomic E-state index is 3.63. The van der Waals surface area contributed by atoms with Crippen LogP contribution in [0, 0.1) is 0 Å². The molecule has 17 heavy (non-hydrogen) atoms. The summed E-state index contributed by atoms with van der Waals surface area (Å²) in [5.41, 5.74) is 1.35. The highest BCUT2D eigenvalue weighted by molar-refractivity contribution is 9.11. The molecule has 3 heteroatoms. The molecular formula is C14H21Br2N. The molecule has 0 amide bonds. The Hall–Kier alpha value is 0.140. The molecule has 1 aromatic carbocycles. The van der Waals surface area contributed by atoms with Crippen LogP contribution in [-0.4, -0.2) is 7.05 Å². The predicted molar refractivity (Wildman–Crippen MR) is 82.4 cm³/mol. The summed E-state index contributed by atoms with van der Waals surface area (Å²) in [5.74, 6) is 0. The minimum atomic E-state index is 0.443. The summed E-state index contributed by atoms with van der Waals surface area (Å²) in [6.45, 7) is 2.25. The summed E-state index contributed by atoms with van der Waals surface area (Å²) in [6.07, 6.45) is 6.46. The Labute approximate surface area is 122 Å². The highest BCUT2D eigenvalue weighted by Gasteiger charge is 2.12. The predicted octanol–water partition coefficient (Wildman–Crippen LogP) is 5.44. The zero-order valence-electron chi connectivity index (χ0n) is 10.6. The topological polar surface area (TPSA) is 12.0 Å². The highest BCUT2D eigenvalue weighted by Crippen LogP contribution is 2.29. The Balaban J connectivity index is 2.62. The van der Waals surface area contributed by atoms with Crippen molar-refractivity contribution in [2.75, 3.05) is 7.05 Å². The van der Waals surface area contributed by atoms with Crippen LogP contribution >= 0.6 is 31.9 Å². The largest absolute Gasteiger partial charge is 0.313 e. The van der Waals surface area contributed by atoms with Crippen molar-refractivity contribution >= 4 is 31.9 Å². The van der Waals surface area contributed by atoms with Crippen molar-refractivity contribution < 1.29 is 0 Å². The second kappa shape index (κ2) is 8.28. The van der Waals surface area contributed by atoms with Crippen LogP contribution in [0.1, 0.15) is 50.6 Å². The number of nitrogens with one attached hydrogen (secondary N) is 1. The molecular weight excluding hydrogens is 342 g/mol. The summed E-state index contributed by atoms with van der Waals surface area (Å²) in [4.78, 5) is 0. The molecule has 0 saturated heterocycles. The fourth-order valence-electron chi connectivity index (χ4n) is 2.01. The van der Waals surface area contributed by atoms with Gasteiger partial charge in [0.1, 0.15) is 0 Å². The summed E-state index contributed by atoms with van der Waals surface area (Å²) >= 11 is 7.17. The van der Waals surface area contributed by atoms with Gasteiger partial charge in [-0.25, -0.2) is 0 Å². The average Bonchev–Trinajstić information content (AvgIpc) is 2.33. The van der Waals surface area contributed by atoms with E-state index in [1.165, 1.54) is 42.1 Å². The van der Waals surface area contributed by atoms with Gasteiger partial charge in [0.2, 0.25) is 0 Å². The third kappa shape index (κ3) is 5.11. The number of hydrogen-bond acceptors (Lipinski definition) is 1. The lowest BCUT2D eigenvalue weighted by Gasteiger charge is -2.18. The van der Waals surface area contributed by atoms with Crippen molar-refractivity contribution in [3.8, 4) is 0 Å². The molecule has 0 aliphatic heterocycles. The molecule has 0 aromatic heterocycles. The average molecular weight is 363 g/mol. The van der Waals surface area contributed by atoms with Gasteiger partial charge in [-0.05, 0) is 37.2 Å². The summed E-state index contributed by atoms with van der Waals surface area (Å²) < 4.78 is 2.33. The zero-order chi connectivity index (χ0) is 12.7. The Morgan fingerprint density at radius 2 is 1.94 bits per heavy atom. The Kier molecular flexibility index (Phi) is 7.40. The minimum Gasteiger partial charge on any atom is -0.313 e. The van der Waals surface area contributed by atoms with E-state index in [0.717, 1.165) is 4.47 Å². The van der Waals surface area contributed by atoms with Gasteiger partial charge in [-0.1, -0.05) is 64.5 Å². The molecule has 96 valence electrons. The first kappa shape index (κ1) is 15.2. The van der Waals surface area contributed by atoms with Crippen LogP contribution in [-0.2, 0) is 0 Å². The molecule has 1 atom stereocenters. The third-order valence-corrected chi connectivity index (χ3v) is 4.24. The smallest absolute Gasteiger partial charge is 0.0329 e. The number of benzene rings is 1. The van der Waals surface area contributed by atoms with Crippen LogP contribution in [0.2, 0.25) is 0 Å². The van der Waals surface area contributed by atoms with Crippen LogP contribution in [0.5, 0.6) is 0 Å². The van der Waals surface area contributed by atoms with E-state index >= 15 is 0 Å². The molecule has 1 N–H and O–H groups in total. The molecule has 0 saturated carbocycles.